The van der Waals surface area contributed by atoms with Gasteiger partial charge in [-0.3, -0.25) is 4.79 Å². The number of carbonyl (C=O) groups excluding carboxylic acids is 1. The molecular formula is C24H40N2O5. The molecule has 2 aliphatic heterocycles. The van der Waals surface area contributed by atoms with Gasteiger partial charge in [-0.15, -0.1) is 0 Å². The molecule has 0 aromatic carbocycles. The van der Waals surface area contributed by atoms with Crippen LogP contribution in [0.25, 0.3) is 0 Å². The molecule has 0 aromatic rings. The molecular weight excluding hydrogens is 396 g/mol. The second kappa shape index (κ2) is 9.90. The van der Waals surface area contributed by atoms with Crippen LogP contribution in [0.2, 0.25) is 0 Å². The van der Waals surface area contributed by atoms with Gasteiger partial charge in [-0.25, -0.2) is 4.79 Å². The van der Waals surface area contributed by atoms with Crippen molar-refractivity contribution in [2.75, 3.05) is 26.7 Å². The van der Waals surface area contributed by atoms with E-state index in [2.05, 4.69) is 32.2 Å². The van der Waals surface area contributed by atoms with Crippen LogP contribution in [0.3, 0.4) is 0 Å². The van der Waals surface area contributed by atoms with Gasteiger partial charge in [-0.05, 0) is 58.8 Å². The minimum absolute atomic E-state index is 0.0746. The van der Waals surface area contributed by atoms with Crippen LogP contribution in [0.4, 0.5) is 4.79 Å². The van der Waals surface area contributed by atoms with Gasteiger partial charge in [-0.2, -0.15) is 0 Å². The molecule has 0 bridgehead atoms. The number of rotatable bonds is 6. The zero-order chi connectivity index (χ0) is 22.8. The number of hydrogen-bond acceptors (Lipinski definition) is 4. The van der Waals surface area contributed by atoms with E-state index in [1.165, 1.54) is 36.2 Å². The number of allylic oxidation sites excluding steroid dienone is 1. The van der Waals surface area contributed by atoms with Gasteiger partial charge in [-0.1, -0.05) is 24.5 Å². The highest BCUT2D eigenvalue weighted by Crippen LogP contribution is 2.52. The Morgan fingerprint density at radius 2 is 1.87 bits per heavy atom. The Hall–Kier alpha value is -1.60. The Kier molecular flexibility index (Phi) is 7.68. The summed E-state index contributed by atoms with van der Waals surface area (Å²) in [4.78, 5) is 23.4. The van der Waals surface area contributed by atoms with Crippen molar-refractivity contribution >= 4 is 12.0 Å². The van der Waals surface area contributed by atoms with E-state index >= 15 is 0 Å². The third-order valence-corrected chi connectivity index (χ3v) is 7.58. The number of likely N-dealkylation sites (tertiary alicyclic amines) is 1. The molecule has 7 nitrogen and oxygen atoms in total. The van der Waals surface area contributed by atoms with Crippen molar-refractivity contribution in [3.63, 3.8) is 0 Å². The summed E-state index contributed by atoms with van der Waals surface area (Å²) >= 11 is 0. The molecule has 2 N–H and O–H groups in total. The molecule has 2 saturated heterocycles. The Morgan fingerprint density at radius 1 is 1.23 bits per heavy atom. The zero-order valence-electron chi connectivity index (χ0n) is 19.7. The molecule has 6 atom stereocenters. The molecule has 2 amide bonds. The third-order valence-electron chi connectivity index (χ3n) is 7.58. The van der Waals surface area contributed by atoms with E-state index in [1.807, 2.05) is 14.0 Å². The topological polar surface area (TPSA) is 91.4 Å². The van der Waals surface area contributed by atoms with E-state index < -0.39 is 6.09 Å². The third kappa shape index (κ3) is 5.43. The second-order valence-electron chi connectivity index (χ2n) is 9.91. The zero-order valence-corrected chi connectivity index (χ0v) is 19.7. The van der Waals surface area contributed by atoms with E-state index in [0.717, 1.165) is 6.42 Å². The number of piperidine rings is 1. The van der Waals surface area contributed by atoms with Crippen LogP contribution in [0.1, 0.15) is 59.8 Å². The smallest absolute Gasteiger partial charge is 0.407 e. The number of methoxy groups -OCH3 is 1. The SMILES string of the molecule is CCNC(=O)C1C2CN(C(=O)O)CC21.COC1CCCCC1C1(C)OC1CC=C(C)C. The van der Waals surface area contributed by atoms with Crippen molar-refractivity contribution in [2.24, 2.45) is 23.7 Å². The van der Waals surface area contributed by atoms with E-state index in [-0.39, 0.29) is 29.3 Å². The van der Waals surface area contributed by atoms with Gasteiger partial charge in [0.05, 0.1) is 17.8 Å². The Balaban J connectivity index is 0.000000179. The van der Waals surface area contributed by atoms with Crippen LogP contribution in [0.5, 0.6) is 0 Å². The monoisotopic (exact) mass is 436 g/mol. The number of ether oxygens (including phenoxy) is 2. The van der Waals surface area contributed by atoms with Crippen LogP contribution < -0.4 is 5.32 Å². The molecule has 2 saturated carbocycles. The molecule has 0 radical (unpaired) electrons. The molecule has 31 heavy (non-hydrogen) atoms. The van der Waals surface area contributed by atoms with Crippen LogP contribution >= 0.6 is 0 Å². The van der Waals surface area contributed by atoms with Gasteiger partial charge in [0.1, 0.15) is 0 Å². The summed E-state index contributed by atoms with van der Waals surface area (Å²) in [5.74, 6) is 1.31. The maximum absolute atomic E-state index is 11.4. The Labute approximate surface area is 186 Å². The van der Waals surface area contributed by atoms with E-state index in [0.29, 0.717) is 37.8 Å². The number of hydrogen-bond donors (Lipinski definition) is 2. The number of carboxylic acid groups (broad SMARTS) is 1. The predicted octanol–water partition coefficient (Wildman–Crippen LogP) is 3.68. The fourth-order valence-electron chi connectivity index (χ4n) is 5.62. The lowest BCUT2D eigenvalue weighted by atomic mass is 9.76. The van der Waals surface area contributed by atoms with Gasteiger partial charge in [0, 0.05) is 38.6 Å². The fraction of sp³-hybridized carbons (Fsp3) is 0.833. The number of fused-ring (bicyclic) bond motifs is 1. The maximum atomic E-state index is 11.4. The van der Waals surface area contributed by atoms with Crippen molar-refractivity contribution < 1.29 is 24.2 Å². The molecule has 4 fully saturated rings. The molecule has 0 aromatic heterocycles. The Morgan fingerprint density at radius 3 is 2.42 bits per heavy atom. The molecule has 2 heterocycles. The molecule has 4 aliphatic rings. The van der Waals surface area contributed by atoms with Crippen LogP contribution in [-0.4, -0.2) is 66.6 Å². The minimum atomic E-state index is -0.869. The number of carbonyl (C=O) groups is 2. The minimum Gasteiger partial charge on any atom is -0.465 e. The van der Waals surface area contributed by atoms with Gasteiger partial charge in [0.2, 0.25) is 5.91 Å². The lowest BCUT2D eigenvalue weighted by Crippen LogP contribution is -2.37. The highest BCUT2D eigenvalue weighted by molar-refractivity contribution is 5.83. The second-order valence-corrected chi connectivity index (χ2v) is 9.91. The van der Waals surface area contributed by atoms with Crippen molar-refractivity contribution in [3.05, 3.63) is 11.6 Å². The first-order valence-electron chi connectivity index (χ1n) is 11.8. The molecule has 7 heteroatoms. The molecule has 4 rings (SSSR count). The van der Waals surface area contributed by atoms with E-state index in [9.17, 15) is 9.59 Å². The summed E-state index contributed by atoms with van der Waals surface area (Å²) in [7, 11) is 1.85. The summed E-state index contributed by atoms with van der Waals surface area (Å²) in [6.07, 6.45) is 8.42. The van der Waals surface area contributed by atoms with Crippen LogP contribution in [-0.2, 0) is 14.3 Å². The number of amides is 2. The first kappa shape index (κ1) is 24.1. The molecule has 176 valence electrons. The maximum Gasteiger partial charge on any atom is 0.407 e. The standard InChI is InChI=1S/C15H26O2.C9H14N2O3/c1-11(2)9-10-14-15(3,17-14)12-7-5-6-8-13(12)16-4;1-2-10-8(12)7-5-3-11(9(13)14)4-6(5)7/h9,12-14H,5-8,10H2,1-4H3;5-7H,2-4H2,1H3,(H,10,12)(H,13,14). The van der Waals surface area contributed by atoms with Crippen molar-refractivity contribution in [2.45, 2.75) is 77.6 Å². The van der Waals surface area contributed by atoms with Crippen molar-refractivity contribution in [1.29, 1.82) is 0 Å². The lowest BCUT2D eigenvalue weighted by molar-refractivity contribution is -0.123. The summed E-state index contributed by atoms with van der Waals surface area (Å²) in [6.45, 7) is 10.2. The average Bonchev–Trinajstić information content (AvgIpc) is 3.56. The first-order valence-corrected chi connectivity index (χ1v) is 11.8. The van der Waals surface area contributed by atoms with Gasteiger partial charge in [0.25, 0.3) is 0 Å². The highest BCUT2D eigenvalue weighted by Gasteiger charge is 2.60. The van der Waals surface area contributed by atoms with E-state index in [4.69, 9.17) is 14.6 Å². The summed E-state index contributed by atoms with van der Waals surface area (Å²) in [5.41, 5.74) is 1.46. The van der Waals surface area contributed by atoms with Crippen molar-refractivity contribution in [1.82, 2.24) is 10.2 Å². The summed E-state index contributed by atoms with van der Waals surface area (Å²) in [5, 5.41) is 11.5. The predicted molar refractivity (Wildman–Crippen MR) is 119 cm³/mol. The quantitative estimate of drug-likeness (QED) is 0.489. The molecule has 6 unspecified atom stereocenters. The van der Waals surface area contributed by atoms with Crippen molar-refractivity contribution in [3.8, 4) is 0 Å². The largest absolute Gasteiger partial charge is 0.465 e. The number of nitrogens with one attached hydrogen (secondary N) is 1. The normalized spacial score (nSPS) is 37.8. The van der Waals surface area contributed by atoms with Crippen LogP contribution in [0.15, 0.2) is 11.6 Å². The van der Waals surface area contributed by atoms with Crippen LogP contribution in [0, 0.1) is 23.7 Å². The fourth-order valence-corrected chi connectivity index (χ4v) is 5.62. The molecule has 2 aliphatic carbocycles. The first-order chi connectivity index (χ1) is 14.7. The summed E-state index contributed by atoms with van der Waals surface area (Å²) < 4.78 is 11.7. The highest BCUT2D eigenvalue weighted by atomic mass is 16.6. The van der Waals surface area contributed by atoms with Gasteiger partial charge < -0.3 is 24.8 Å². The van der Waals surface area contributed by atoms with Gasteiger partial charge >= 0.3 is 6.09 Å². The number of nitrogens with zero attached hydrogens (tertiary/aromatic N) is 1. The van der Waals surface area contributed by atoms with E-state index in [1.54, 1.807) is 0 Å². The Bertz CT molecular complexity index is 679. The number of epoxide rings is 1. The van der Waals surface area contributed by atoms with Gasteiger partial charge in [0.15, 0.2) is 0 Å². The summed E-state index contributed by atoms with van der Waals surface area (Å²) in [6, 6.07) is 0. The molecule has 0 spiro atoms. The average molecular weight is 437 g/mol. The lowest BCUT2D eigenvalue weighted by Gasteiger charge is -2.33.